The monoisotopic (exact) mass is 176 g/mol. The summed E-state index contributed by atoms with van der Waals surface area (Å²) in [5, 5.41) is 8.31. The van der Waals surface area contributed by atoms with Gasteiger partial charge < -0.3 is 14.6 Å². The summed E-state index contributed by atoms with van der Waals surface area (Å²) in [6.45, 7) is 1.37. The van der Waals surface area contributed by atoms with E-state index in [4.69, 9.17) is 14.6 Å². The summed E-state index contributed by atoms with van der Waals surface area (Å²) in [4.78, 5) is 21.3. The number of carboxylic acids is 1. The van der Waals surface area contributed by atoms with Gasteiger partial charge in [-0.05, 0) is 6.92 Å². The summed E-state index contributed by atoms with van der Waals surface area (Å²) < 4.78 is 9.43. The van der Waals surface area contributed by atoms with Gasteiger partial charge in [0.2, 0.25) is 11.6 Å². The Labute approximate surface area is 70.3 Å². The molecule has 0 aromatic rings. The Hall–Kier alpha value is -0.940. The quantitative estimate of drug-likeness (QED) is 0.473. The van der Waals surface area contributed by atoms with Crippen molar-refractivity contribution in [1.82, 2.24) is 0 Å². The van der Waals surface area contributed by atoms with Gasteiger partial charge in [0.1, 0.15) is 6.42 Å². The van der Waals surface area contributed by atoms with Gasteiger partial charge >= 0.3 is 5.97 Å². The molecule has 0 aromatic carbocycles. The second kappa shape index (κ2) is 4.18. The Balaban J connectivity index is 4.32. The number of rotatable bonds is 5. The van der Waals surface area contributed by atoms with Crippen LogP contribution in [0.15, 0.2) is 0 Å². The van der Waals surface area contributed by atoms with Crippen molar-refractivity contribution in [3.8, 4) is 0 Å². The minimum atomic E-state index is -1.45. The first-order valence-electron chi connectivity index (χ1n) is 3.31. The smallest absolute Gasteiger partial charge is 0.311 e. The highest BCUT2D eigenvalue weighted by Crippen LogP contribution is 2.13. The molecule has 0 aliphatic rings. The molecular formula is C7H12O5. The lowest BCUT2D eigenvalue weighted by Gasteiger charge is -2.23. The van der Waals surface area contributed by atoms with Gasteiger partial charge in [-0.1, -0.05) is 0 Å². The minimum absolute atomic E-state index is 0.599. The van der Waals surface area contributed by atoms with Crippen LogP contribution in [0, 0.1) is 0 Å². The van der Waals surface area contributed by atoms with Gasteiger partial charge in [0.05, 0.1) is 0 Å². The van der Waals surface area contributed by atoms with Gasteiger partial charge in [-0.3, -0.25) is 9.59 Å². The minimum Gasteiger partial charge on any atom is -0.481 e. The van der Waals surface area contributed by atoms with E-state index in [1.165, 1.54) is 21.1 Å². The van der Waals surface area contributed by atoms with Crippen LogP contribution in [0.4, 0.5) is 0 Å². The lowest BCUT2D eigenvalue weighted by atomic mass is 10.1. The molecule has 0 radical (unpaired) electrons. The van der Waals surface area contributed by atoms with Crippen LogP contribution < -0.4 is 0 Å². The zero-order valence-corrected chi connectivity index (χ0v) is 7.29. The maximum absolute atomic E-state index is 11.1. The molecule has 0 saturated heterocycles. The van der Waals surface area contributed by atoms with Crippen molar-refractivity contribution in [1.29, 1.82) is 0 Å². The molecule has 5 heteroatoms. The Kier molecular flexibility index (Phi) is 3.85. The van der Waals surface area contributed by atoms with E-state index in [-0.39, 0.29) is 0 Å². The number of carboxylic acid groups (broad SMARTS) is 1. The number of ether oxygens (including phenoxy) is 2. The lowest BCUT2D eigenvalue weighted by Crippen LogP contribution is -2.40. The van der Waals surface area contributed by atoms with E-state index < -0.39 is 24.0 Å². The number of Topliss-reactive ketones (excluding diaryl/α,β-unsaturated/α-hetero) is 1. The fraction of sp³-hybridized carbons (Fsp3) is 0.714. The van der Waals surface area contributed by atoms with Crippen LogP contribution in [0.25, 0.3) is 0 Å². The molecule has 0 fully saturated rings. The molecule has 0 heterocycles. The highest BCUT2D eigenvalue weighted by molar-refractivity contribution is 5.98. The predicted molar refractivity (Wildman–Crippen MR) is 39.7 cm³/mol. The van der Waals surface area contributed by atoms with E-state index in [0.29, 0.717) is 0 Å². The molecule has 0 spiro atoms. The first kappa shape index (κ1) is 11.1. The molecule has 0 saturated carbocycles. The van der Waals surface area contributed by atoms with Gasteiger partial charge in [0.15, 0.2) is 0 Å². The number of methoxy groups -OCH3 is 2. The third-order valence-electron chi connectivity index (χ3n) is 1.60. The van der Waals surface area contributed by atoms with Crippen LogP contribution in [0.3, 0.4) is 0 Å². The van der Waals surface area contributed by atoms with Gasteiger partial charge in [0, 0.05) is 14.2 Å². The second-order valence-electron chi connectivity index (χ2n) is 2.35. The van der Waals surface area contributed by atoms with Crippen molar-refractivity contribution in [3.05, 3.63) is 0 Å². The van der Waals surface area contributed by atoms with Crippen molar-refractivity contribution in [3.63, 3.8) is 0 Å². The normalized spacial score (nSPS) is 11.2. The summed E-state index contributed by atoms with van der Waals surface area (Å²) in [6, 6.07) is 0. The molecule has 70 valence electrons. The average Bonchev–Trinajstić information content (AvgIpc) is 2.02. The highest BCUT2D eigenvalue weighted by atomic mass is 16.7. The Bertz CT molecular complexity index is 182. The van der Waals surface area contributed by atoms with Crippen molar-refractivity contribution in [2.45, 2.75) is 19.1 Å². The molecule has 0 rings (SSSR count). The first-order valence-corrected chi connectivity index (χ1v) is 3.31. The molecule has 5 nitrogen and oxygen atoms in total. The van der Waals surface area contributed by atoms with Crippen LogP contribution in [0.2, 0.25) is 0 Å². The maximum atomic E-state index is 11.1. The van der Waals surface area contributed by atoms with Crippen LogP contribution in [-0.4, -0.2) is 36.9 Å². The van der Waals surface area contributed by atoms with E-state index >= 15 is 0 Å². The zero-order valence-electron chi connectivity index (χ0n) is 7.29. The second-order valence-corrected chi connectivity index (χ2v) is 2.35. The Morgan fingerprint density at radius 1 is 1.33 bits per heavy atom. The molecule has 0 atom stereocenters. The number of carbonyl (C=O) groups excluding carboxylic acids is 1. The number of hydrogen-bond donors (Lipinski definition) is 1. The fourth-order valence-electron chi connectivity index (χ4n) is 0.609. The number of carbonyl (C=O) groups is 2. The Morgan fingerprint density at radius 3 is 2.00 bits per heavy atom. The maximum Gasteiger partial charge on any atom is 0.311 e. The molecule has 0 unspecified atom stereocenters. The van der Waals surface area contributed by atoms with Crippen molar-refractivity contribution in [2.75, 3.05) is 14.2 Å². The Morgan fingerprint density at radius 2 is 1.75 bits per heavy atom. The third kappa shape index (κ3) is 2.60. The van der Waals surface area contributed by atoms with E-state index in [1.807, 2.05) is 0 Å². The van der Waals surface area contributed by atoms with Crippen molar-refractivity contribution in [2.24, 2.45) is 0 Å². The van der Waals surface area contributed by atoms with Crippen molar-refractivity contribution < 1.29 is 24.2 Å². The highest BCUT2D eigenvalue weighted by Gasteiger charge is 2.33. The third-order valence-corrected chi connectivity index (χ3v) is 1.60. The molecule has 0 aliphatic carbocycles. The number of hydrogen-bond acceptors (Lipinski definition) is 4. The van der Waals surface area contributed by atoms with E-state index in [9.17, 15) is 9.59 Å². The van der Waals surface area contributed by atoms with Crippen LogP contribution in [0.5, 0.6) is 0 Å². The summed E-state index contributed by atoms with van der Waals surface area (Å²) in [6.07, 6.45) is -0.599. The number of aliphatic carboxylic acids is 1. The van der Waals surface area contributed by atoms with Gasteiger partial charge in [-0.15, -0.1) is 0 Å². The lowest BCUT2D eigenvalue weighted by molar-refractivity contribution is -0.199. The average molecular weight is 176 g/mol. The molecular weight excluding hydrogens is 164 g/mol. The standard InChI is InChI=1S/C7H12O5/c1-7(11-2,12-3)5(8)4-6(9)10/h4H2,1-3H3,(H,9,10). The number of ketones is 1. The summed E-state index contributed by atoms with van der Waals surface area (Å²) in [5.74, 6) is -3.25. The molecule has 0 aromatic heterocycles. The van der Waals surface area contributed by atoms with E-state index in [1.54, 1.807) is 0 Å². The predicted octanol–water partition coefficient (Wildman–Crippen LogP) is 0.0392. The molecule has 0 bridgehead atoms. The summed E-state index contributed by atoms with van der Waals surface area (Å²) in [7, 11) is 2.56. The first-order chi connectivity index (χ1) is 5.46. The van der Waals surface area contributed by atoms with Gasteiger partial charge in [0.25, 0.3) is 0 Å². The molecule has 0 amide bonds. The van der Waals surface area contributed by atoms with Crippen molar-refractivity contribution >= 4 is 11.8 Å². The van der Waals surface area contributed by atoms with Gasteiger partial charge in [-0.2, -0.15) is 0 Å². The van der Waals surface area contributed by atoms with Crippen LogP contribution in [0.1, 0.15) is 13.3 Å². The summed E-state index contributed by atoms with van der Waals surface area (Å²) in [5.41, 5.74) is 0. The van der Waals surface area contributed by atoms with E-state index in [2.05, 4.69) is 0 Å². The van der Waals surface area contributed by atoms with E-state index in [0.717, 1.165) is 0 Å². The topological polar surface area (TPSA) is 72.8 Å². The molecule has 0 aliphatic heterocycles. The largest absolute Gasteiger partial charge is 0.481 e. The molecule has 1 N–H and O–H groups in total. The van der Waals surface area contributed by atoms with Gasteiger partial charge in [-0.25, -0.2) is 0 Å². The molecule has 12 heavy (non-hydrogen) atoms. The zero-order chi connectivity index (χ0) is 9.78. The van der Waals surface area contributed by atoms with Crippen LogP contribution in [-0.2, 0) is 19.1 Å². The van der Waals surface area contributed by atoms with Crippen LogP contribution >= 0.6 is 0 Å². The summed E-state index contributed by atoms with van der Waals surface area (Å²) >= 11 is 0. The SMILES string of the molecule is COC(C)(OC)C(=O)CC(=O)O. The fourth-order valence-corrected chi connectivity index (χ4v) is 0.609.